The highest BCUT2D eigenvalue weighted by atomic mass is 19.1. The Morgan fingerprint density at radius 3 is 2.90 bits per heavy atom. The Balaban J connectivity index is 1.50. The first-order valence-corrected chi connectivity index (χ1v) is 9.26. The number of nitriles is 1. The van der Waals surface area contributed by atoms with Crippen molar-refractivity contribution in [2.75, 3.05) is 11.9 Å². The summed E-state index contributed by atoms with van der Waals surface area (Å²) in [5, 5.41) is 14.5. The molecule has 1 aromatic carbocycles. The van der Waals surface area contributed by atoms with Gasteiger partial charge in [-0.2, -0.15) is 5.26 Å². The molecule has 2 aliphatic rings. The van der Waals surface area contributed by atoms with Gasteiger partial charge < -0.3 is 15.5 Å². The molecule has 0 bridgehead atoms. The van der Waals surface area contributed by atoms with Gasteiger partial charge in [-0.05, 0) is 44.9 Å². The number of hydrogen-bond acceptors (Lipinski definition) is 5. The zero-order chi connectivity index (χ0) is 20.8. The van der Waals surface area contributed by atoms with Gasteiger partial charge in [-0.1, -0.05) is 0 Å². The average molecular weight is 394 g/mol. The van der Waals surface area contributed by atoms with E-state index >= 15 is 0 Å². The van der Waals surface area contributed by atoms with Crippen molar-refractivity contribution in [3.63, 3.8) is 0 Å². The molecule has 1 aliphatic carbocycles. The molecule has 2 N–H and O–H groups in total. The maximum atomic E-state index is 13.8. The maximum absolute atomic E-state index is 13.8. The monoisotopic (exact) mass is 394 g/mol. The van der Waals surface area contributed by atoms with Crippen LogP contribution in [0, 0.1) is 24.1 Å². The molecule has 29 heavy (non-hydrogen) atoms. The number of hydrogen-bond donors (Lipinski definition) is 2. The van der Waals surface area contributed by atoms with E-state index in [4.69, 9.17) is 5.26 Å². The Morgan fingerprint density at radius 2 is 2.24 bits per heavy atom. The number of nitrogens with one attached hydrogen (secondary N) is 2. The standard InChI is InChI=1S/C20H19FN6O2/c1-11-14(9-23-17(8-22)24-11)12(2)25-18(28)10-27-19(29)26-16-4-3-13(21)7-15(16)20(27)5-6-20/h3-4,7,9,12H,5-6,10H2,1-2H3,(H,25,28)(H,26,29)/t12-/m1/s1. The van der Waals surface area contributed by atoms with Crippen LogP contribution in [0.2, 0.25) is 0 Å². The molecule has 1 fully saturated rings. The number of aromatic nitrogens is 2. The number of urea groups is 1. The van der Waals surface area contributed by atoms with E-state index in [9.17, 15) is 14.0 Å². The third-order valence-corrected chi connectivity index (χ3v) is 5.47. The Bertz CT molecular complexity index is 1060. The van der Waals surface area contributed by atoms with E-state index in [1.54, 1.807) is 19.9 Å². The molecule has 4 rings (SSSR count). The molecule has 1 aliphatic heterocycles. The summed E-state index contributed by atoms with van der Waals surface area (Å²) >= 11 is 0. The normalized spacial score (nSPS) is 17.2. The summed E-state index contributed by atoms with van der Waals surface area (Å²) in [7, 11) is 0. The van der Waals surface area contributed by atoms with Crippen LogP contribution < -0.4 is 10.6 Å². The predicted octanol–water partition coefficient (Wildman–Crippen LogP) is 2.51. The molecular formula is C20H19FN6O2. The molecule has 8 nitrogen and oxygen atoms in total. The molecule has 2 aromatic rings. The van der Waals surface area contributed by atoms with Crippen LogP contribution >= 0.6 is 0 Å². The maximum Gasteiger partial charge on any atom is 0.323 e. The van der Waals surface area contributed by atoms with Gasteiger partial charge in [-0.15, -0.1) is 0 Å². The van der Waals surface area contributed by atoms with Crippen molar-refractivity contribution in [3.8, 4) is 6.07 Å². The average Bonchev–Trinajstić information content (AvgIpc) is 3.47. The first-order valence-electron chi connectivity index (χ1n) is 9.26. The van der Waals surface area contributed by atoms with Crippen LogP contribution in [-0.4, -0.2) is 33.4 Å². The predicted molar refractivity (Wildman–Crippen MR) is 101 cm³/mol. The molecule has 9 heteroatoms. The number of anilines is 1. The van der Waals surface area contributed by atoms with E-state index in [1.807, 2.05) is 6.07 Å². The van der Waals surface area contributed by atoms with Crippen LogP contribution in [0.4, 0.5) is 14.9 Å². The minimum absolute atomic E-state index is 0.0661. The number of benzene rings is 1. The molecule has 0 radical (unpaired) electrons. The SMILES string of the molecule is Cc1nc(C#N)ncc1[C@@H](C)NC(=O)CN1C(=O)Nc2ccc(F)cc2C12CC2. The number of amides is 3. The molecule has 1 spiro atoms. The van der Waals surface area contributed by atoms with Gasteiger partial charge in [-0.25, -0.2) is 19.2 Å². The molecule has 0 saturated heterocycles. The van der Waals surface area contributed by atoms with E-state index in [-0.39, 0.29) is 30.1 Å². The third-order valence-electron chi connectivity index (χ3n) is 5.47. The second kappa shape index (κ2) is 6.81. The third kappa shape index (κ3) is 3.27. The van der Waals surface area contributed by atoms with Gasteiger partial charge in [0.2, 0.25) is 11.7 Å². The summed E-state index contributed by atoms with van der Waals surface area (Å²) in [5.41, 5.74) is 1.95. The summed E-state index contributed by atoms with van der Waals surface area (Å²) in [6.45, 7) is 3.37. The topological polar surface area (TPSA) is 111 Å². The molecule has 3 amide bonds. The van der Waals surface area contributed by atoms with Gasteiger partial charge in [0, 0.05) is 28.7 Å². The molecule has 1 saturated carbocycles. The van der Waals surface area contributed by atoms with Crippen LogP contribution in [0.5, 0.6) is 0 Å². The highest BCUT2D eigenvalue weighted by Crippen LogP contribution is 2.55. The minimum atomic E-state index is -0.631. The van der Waals surface area contributed by atoms with Gasteiger partial charge >= 0.3 is 6.03 Å². The summed E-state index contributed by atoms with van der Waals surface area (Å²) in [4.78, 5) is 34.8. The summed E-state index contributed by atoms with van der Waals surface area (Å²) in [5.74, 6) is -0.653. The van der Waals surface area contributed by atoms with Crippen molar-refractivity contribution >= 4 is 17.6 Å². The number of fused-ring (bicyclic) bond motifs is 2. The van der Waals surface area contributed by atoms with Crippen molar-refractivity contribution < 1.29 is 14.0 Å². The van der Waals surface area contributed by atoms with Crippen molar-refractivity contribution in [3.05, 3.63) is 52.9 Å². The van der Waals surface area contributed by atoms with Crippen molar-refractivity contribution in [2.24, 2.45) is 0 Å². The first kappa shape index (κ1) is 18.8. The fraction of sp³-hybridized carbons (Fsp3) is 0.350. The lowest BCUT2D eigenvalue weighted by atomic mass is 9.98. The summed E-state index contributed by atoms with van der Waals surface area (Å²) in [6, 6.07) is 5.38. The molecular weight excluding hydrogens is 375 g/mol. The van der Waals surface area contributed by atoms with Crippen LogP contribution in [0.1, 0.15) is 48.5 Å². The molecule has 1 atom stereocenters. The number of nitrogens with zero attached hydrogens (tertiary/aromatic N) is 4. The fourth-order valence-corrected chi connectivity index (χ4v) is 3.88. The summed E-state index contributed by atoms with van der Waals surface area (Å²) < 4.78 is 13.8. The second-order valence-corrected chi connectivity index (χ2v) is 7.37. The lowest BCUT2D eigenvalue weighted by Crippen LogP contribution is -2.51. The number of rotatable bonds is 4. The zero-order valence-electron chi connectivity index (χ0n) is 16.0. The first-order chi connectivity index (χ1) is 13.8. The molecule has 0 unspecified atom stereocenters. The van der Waals surface area contributed by atoms with E-state index in [2.05, 4.69) is 20.6 Å². The number of carbonyl (C=O) groups excluding carboxylic acids is 2. The Kier molecular flexibility index (Phi) is 4.42. The van der Waals surface area contributed by atoms with Gasteiger partial charge in [0.25, 0.3) is 0 Å². The summed E-state index contributed by atoms with van der Waals surface area (Å²) in [6.07, 6.45) is 2.88. The molecule has 148 valence electrons. The van der Waals surface area contributed by atoms with Crippen LogP contribution in [0.25, 0.3) is 0 Å². The Morgan fingerprint density at radius 1 is 1.48 bits per heavy atom. The highest BCUT2D eigenvalue weighted by Gasteiger charge is 2.55. The van der Waals surface area contributed by atoms with E-state index in [0.717, 1.165) is 0 Å². The lowest BCUT2D eigenvalue weighted by molar-refractivity contribution is -0.122. The van der Waals surface area contributed by atoms with Crippen LogP contribution in [0.15, 0.2) is 24.4 Å². The van der Waals surface area contributed by atoms with E-state index in [1.165, 1.54) is 23.2 Å². The Labute approximate surface area is 166 Å². The second-order valence-electron chi connectivity index (χ2n) is 7.37. The van der Waals surface area contributed by atoms with Crippen LogP contribution in [0.3, 0.4) is 0 Å². The quantitative estimate of drug-likeness (QED) is 0.828. The van der Waals surface area contributed by atoms with Crippen LogP contribution in [-0.2, 0) is 10.3 Å². The number of aryl methyl sites for hydroxylation is 1. The van der Waals surface area contributed by atoms with Crippen molar-refractivity contribution in [1.29, 1.82) is 5.26 Å². The van der Waals surface area contributed by atoms with E-state index in [0.29, 0.717) is 35.3 Å². The van der Waals surface area contributed by atoms with Crippen molar-refractivity contribution in [2.45, 2.75) is 38.3 Å². The van der Waals surface area contributed by atoms with Gasteiger partial charge in [-0.3, -0.25) is 4.79 Å². The van der Waals surface area contributed by atoms with Crippen molar-refractivity contribution in [1.82, 2.24) is 20.2 Å². The molecule has 2 heterocycles. The number of carbonyl (C=O) groups is 2. The molecule has 1 aromatic heterocycles. The highest BCUT2D eigenvalue weighted by molar-refractivity contribution is 5.97. The van der Waals surface area contributed by atoms with Gasteiger partial charge in [0.15, 0.2) is 0 Å². The smallest absolute Gasteiger partial charge is 0.323 e. The Hall–Kier alpha value is -3.54. The fourth-order valence-electron chi connectivity index (χ4n) is 3.88. The van der Waals surface area contributed by atoms with Gasteiger partial charge in [0.05, 0.1) is 11.6 Å². The number of halogens is 1. The largest absolute Gasteiger partial charge is 0.348 e. The van der Waals surface area contributed by atoms with E-state index < -0.39 is 11.6 Å². The lowest BCUT2D eigenvalue weighted by Gasteiger charge is -2.37. The van der Waals surface area contributed by atoms with Gasteiger partial charge in [0.1, 0.15) is 18.4 Å². The minimum Gasteiger partial charge on any atom is -0.348 e. The zero-order valence-corrected chi connectivity index (χ0v) is 16.0.